The van der Waals surface area contributed by atoms with Gasteiger partial charge in [-0.1, -0.05) is 48.5 Å². The number of fused-ring (bicyclic) bond motifs is 1. The highest BCUT2D eigenvalue weighted by Crippen LogP contribution is 2.22. The van der Waals surface area contributed by atoms with E-state index in [1.165, 1.54) is 5.56 Å². The zero-order valence-corrected chi connectivity index (χ0v) is 12.5. The van der Waals surface area contributed by atoms with Gasteiger partial charge in [0.05, 0.1) is 6.54 Å². The third-order valence-corrected chi connectivity index (χ3v) is 3.53. The second-order valence-corrected chi connectivity index (χ2v) is 5.30. The zero-order valence-electron chi connectivity index (χ0n) is 12.5. The van der Waals surface area contributed by atoms with Crippen LogP contribution in [0.15, 0.2) is 66.7 Å². The summed E-state index contributed by atoms with van der Waals surface area (Å²) in [6.45, 7) is 2.27. The highest BCUT2D eigenvalue weighted by molar-refractivity contribution is 6.03. The van der Waals surface area contributed by atoms with Crippen LogP contribution in [0.4, 0.5) is 11.4 Å². The Hall–Kier alpha value is -2.81. The van der Waals surface area contributed by atoms with Gasteiger partial charge < -0.3 is 10.6 Å². The standard InChI is InChI=1S/C19H18N2O/c1-14-6-4-9-16(12-14)20-13-19(22)21-18-11-5-8-15-7-2-3-10-17(15)18/h2-12,20H,13H2,1H3,(H,21,22). The van der Waals surface area contributed by atoms with Crippen molar-refractivity contribution in [3.8, 4) is 0 Å². The van der Waals surface area contributed by atoms with Gasteiger partial charge in [-0.3, -0.25) is 4.79 Å². The molecule has 0 aromatic heterocycles. The van der Waals surface area contributed by atoms with E-state index >= 15 is 0 Å². The summed E-state index contributed by atoms with van der Waals surface area (Å²) in [6.07, 6.45) is 0. The highest BCUT2D eigenvalue weighted by Gasteiger charge is 2.05. The van der Waals surface area contributed by atoms with Crippen molar-refractivity contribution in [2.24, 2.45) is 0 Å². The molecule has 3 rings (SSSR count). The molecule has 0 unspecified atom stereocenters. The fraction of sp³-hybridized carbons (Fsp3) is 0.105. The van der Waals surface area contributed by atoms with Crippen LogP contribution < -0.4 is 10.6 Å². The molecule has 22 heavy (non-hydrogen) atoms. The molecule has 0 radical (unpaired) electrons. The minimum atomic E-state index is -0.0575. The van der Waals surface area contributed by atoms with Crippen molar-refractivity contribution in [1.82, 2.24) is 0 Å². The molecule has 1 amide bonds. The summed E-state index contributed by atoms with van der Waals surface area (Å²) in [5, 5.41) is 8.28. The van der Waals surface area contributed by atoms with Crippen LogP contribution in [-0.2, 0) is 4.79 Å². The summed E-state index contributed by atoms with van der Waals surface area (Å²) >= 11 is 0. The van der Waals surface area contributed by atoms with Gasteiger partial charge in [0, 0.05) is 16.8 Å². The average Bonchev–Trinajstić information content (AvgIpc) is 2.53. The van der Waals surface area contributed by atoms with Gasteiger partial charge in [0.1, 0.15) is 0 Å². The first kappa shape index (κ1) is 14.1. The van der Waals surface area contributed by atoms with Crippen LogP contribution >= 0.6 is 0 Å². The lowest BCUT2D eigenvalue weighted by atomic mass is 10.1. The van der Waals surface area contributed by atoms with E-state index in [0.717, 1.165) is 22.1 Å². The third kappa shape index (κ3) is 3.26. The van der Waals surface area contributed by atoms with Gasteiger partial charge in [0.15, 0.2) is 0 Å². The largest absolute Gasteiger partial charge is 0.376 e. The summed E-state index contributed by atoms with van der Waals surface area (Å²) < 4.78 is 0. The Kier molecular flexibility index (Phi) is 4.05. The van der Waals surface area contributed by atoms with E-state index in [1.54, 1.807) is 0 Å². The maximum absolute atomic E-state index is 12.1. The van der Waals surface area contributed by atoms with E-state index in [9.17, 15) is 4.79 Å². The predicted molar refractivity (Wildman–Crippen MR) is 92.2 cm³/mol. The lowest BCUT2D eigenvalue weighted by Gasteiger charge is -2.10. The Balaban J connectivity index is 1.68. The van der Waals surface area contributed by atoms with Crippen molar-refractivity contribution in [3.63, 3.8) is 0 Å². The Labute approximate surface area is 130 Å². The molecule has 0 atom stereocenters. The second-order valence-electron chi connectivity index (χ2n) is 5.30. The Morgan fingerprint density at radius 3 is 2.59 bits per heavy atom. The van der Waals surface area contributed by atoms with Gasteiger partial charge in [-0.05, 0) is 36.1 Å². The molecule has 0 fully saturated rings. The summed E-state index contributed by atoms with van der Waals surface area (Å²) in [7, 11) is 0. The third-order valence-electron chi connectivity index (χ3n) is 3.53. The minimum absolute atomic E-state index is 0.0575. The average molecular weight is 290 g/mol. The first-order chi connectivity index (χ1) is 10.7. The second kappa shape index (κ2) is 6.31. The van der Waals surface area contributed by atoms with Gasteiger partial charge in [-0.15, -0.1) is 0 Å². The van der Waals surface area contributed by atoms with E-state index in [0.29, 0.717) is 0 Å². The SMILES string of the molecule is Cc1cccc(NCC(=O)Nc2cccc3ccccc23)c1. The lowest BCUT2D eigenvalue weighted by molar-refractivity contribution is -0.114. The molecule has 0 bridgehead atoms. The van der Waals surface area contributed by atoms with Crippen LogP contribution in [0.25, 0.3) is 10.8 Å². The quantitative estimate of drug-likeness (QED) is 0.756. The topological polar surface area (TPSA) is 41.1 Å². The maximum Gasteiger partial charge on any atom is 0.243 e. The number of hydrogen-bond donors (Lipinski definition) is 2. The first-order valence-corrected chi connectivity index (χ1v) is 7.30. The normalized spacial score (nSPS) is 10.4. The van der Waals surface area contributed by atoms with Crippen LogP contribution in [-0.4, -0.2) is 12.5 Å². The fourth-order valence-corrected chi connectivity index (χ4v) is 2.47. The van der Waals surface area contributed by atoms with E-state index < -0.39 is 0 Å². The highest BCUT2D eigenvalue weighted by atomic mass is 16.1. The van der Waals surface area contributed by atoms with Crippen molar-refractivity contribution < 1.29 is 4.79 Å². The first-order valence-electron chi connectivity index (χ1n) is 7.30. The number of amides is 1. The van der Waals surface area contributed by atoms with E-state index in [2.05, 4.69) is 10.6 Å². The predicted octanol–water partition coefficient (Wildman–Crippen LogP) is 4.20. The van der Waals surface area contributed by atoms with Gasteiger partial charge in [-0.2, -0.15) is 0 Å². The van der Waals surface area contributed by atoms with Crippen molar-refractivity contribution in [2.75, 3.05) is 17.2 Å². The molecular formula is C19H18N2O. The molecule has 3 aromatic rings. The monoisotopic (exact) mass is 290 g/mol. The van der Waals surface area contributed by atoms with Crippen LogP contribution in [0.3, 0.4) is 0 Å². The van der Waals surface area contributed by atoms with Crippen molar-refractivity contribution in [2.45, 2.75) is 6.92 Å². The van der Waals surface area contributed by atoms with Gasteiger partial charge >= 0.3 is 0 Å². The van der Waals surface area contributed by atoms with Crippen molar-refractivity contribution in [1.29, 1.82) is 0 Å². The smallest absolute Gasteiger partial charge is 0.243 e. The van der Waals surface area contributed by atoms with E-state index in [1.807, 2.05) is 73.7 Å². The Morgan fingerprint density at radius 1 is 0.955 bits per heavy atom. The molecule has 2 N–H and O–H groups in total. The number of hydrogen-bond acceptors (Lipinski definition) is 2. The van der Waals surface area contributed by atoms with Crippen molar-refractivity contribution in [3.05, 3.63) is 72.3 Å². The molecule has 3 heteroatoms. The summed E-state index contributed by atoms with van der Waals surface area (Å²) in [4.78, 5) is 12.1. The summed E-state index contributed by atoms with van der Waals surface area (Å²) in [6, 6.07) is 21.9. The Morgan fingerprint density at radius 2 is 1.73 bits per heavy atom. The minimum Gasteiger partial charge on any atom is -0.376 e. The zero-order chi connectivity index (χ0) is 15.4. The Bertz CT molecular complexity index is 806. The van der Waals surface area contributed by atoms with Crippen LogP contribution in [0.1, 0.15) is 5.56 Å². The van der Waals surface area contributed by atoms with Gasteiger partial charge in [-0.25, -0.2) is 0 Å². The molecule has 0 saturated heterocycles. The number of carbonyl (C=O) groups is 1. The fourth-order valence-electron chi connectivity index (χ4n) is 2.47. The molecular weight excluding hydrogens is 272 g/mol. The van der Waals surface area contributed by atoms with E-state index in [4.69, 9.17) is 0 Å². The molecule has 3 aromatic carbocycles. The number of anilines is 2. The van der Waals surface area contributed by atoms with Crippen molar-refractivity contribution >= 4 is 28.1 Å². The van der Waals surface area contributed by atoms with Gasteiger partial charge in [0.2, 0.25) is 5.91 Å². The van der Waals surface area contributed by atoms with Crippen LogP contribution in [0.2, 0.25) is 0 Å². The van der Waals surface area contributed by atoms with Gasteiger partial charge in [0.25, 0.3) is 0 Å². The number of benzene rings is 3. The van der Waals surface area contributed by atoms with Crippen LogP contribution in [0, 0.1) is 6.92 Å². The number of aryl methyl sites for hydroxylation is 1. The number of nitrogens with one attached hydrogen (secondary N) is 2. The number of carbonyl (C=O) groups excluding carboxylic acids is 1. The molecule has 110 valence electrons. The molecule has 0 saturated carbocycles. The molecule has 0 aliphatic heterocycles. The summed E-state index contributed by atoms with van der Waals surface area (Å²) in [5.74, 6) is -0.0575. The molecule has 3 nitrogen and oxygen atoms in total. The molecule has 0 aliphatic rings. The van der Waals surface area contributed by atoms with E-state index in [-0.39, 0.29) is 12.5 Å². The number of rotatable bonds is 4. The maximum atomic E-state index is 12.1. The lowest BCUT2D eigenvalue weighted by Crippen LogP contribution is -2.21. The molecule has 0 spiro atoms. The van der Waals surface area contributed by atoms with Crippen LogP contribution in [0.5, 0.6) is 0 Å². The molecule has 0 aliphatic carbocycles. The molecule has 0 heterocycles. The summed E-state index contributed by atoms with van der Waals surface area (Å²) in [5.41, 5.74) is 2.96.